The number of aromatic amines is 1. The Morgan fingerprint density at radius 3 is 2.41 bits per heavy atom. The molecule has 9 aromatic rings. The minimum absolute atomic E-state index is 0.0550. The van der Waals surface area contributed by atoms with Crippen molar-refractivity contribution in [3.8, 4) is 34.1 Å². The Kier molecular flexibility index (Phi) is 15.9. The second kappa shape index (κ2) is 23.2. The van der Waals surface area contributed by atoms with Gasteiger partial charge in [-0.25, -0.2) is 4.98 Å². The fourth-order valence-electron chi connectivity index (χ4n) is 10.3. The van der Waals surface area contributed by atoms with Crippen LogP contribution in [0.3, 0.4) is 0 Å². The Morgan fingerprint density at radius 2 is 1.63 bits per heavy atom. The maximum atomic E-state index is 13.7. The number of ether oxygens (including phenoxy) is 1. The summed E-state index contributed by atoms with van der Waals surface area (Å²) in [6.07, 6.45) is 6.94. The van der Waals surface area contributed by atoms with Crippen molar-refractivity contribution in [1.82, 2.24) is 54.7 Å². The number of halogens is 1. The van der Waals surface area contributed by atoms with Gasteiger partial charge in [-0.05, 0) is 110 Å². The van der Waals surface area contributed by atoms with Crippen LogP contribution in [0.2, 0.25) is 5.02 Å². The summed E-state index contributed by atoms with van der Waals surface area (Å²) in [7, 11) is 3.79. The molecule has 1 aliphatic rings. The number of aromatic nitrogens is 7. The zero-order chi connectivity index (χ0) is 54.5. The number of nitrogens with one attached hydrogen (secondary N) is 4. The summed E-state index contributed by atoms with van der Waals surface area (Å²) in [5.74, 6) is 0.323. The third-order valence-electron chi connectivity index (χ3n) is 14.9. The number of hydrogen-bond acceptors (Lipinski definition) is 10. The van der Waals surface area contributed by atoms with Crippen LogP contribution in [0.1, 0.15) is 78.4 Å². The lowest BCUT2D eigenvalue weighted by atomic mass is 9.90. The quantitative estimate of drug-likeness (QED) is 0.0458. The van der Waals surface area contributed by atoms with Crippen LogP contribution in [0.4, 0.5) is 0 Å². The van der Waals surface area contributed by atoms with Crippen molar-refractivity contribution in [2.24, 2.45) is 14.1 Å². The molecule has 0 spiro atoms. The molecule has 402 valence electrons. The van der Waals surface area contributed by atoms with Crippen LogP contribution in [0.5, 0.6) is 11.8 Å². The number of carbonyl (C=O) groups excluding carboxylic acids is 3. The summed E-state index contributed by atoms with van der Waals surface area (Å²) in [6, 6.07) is 35.6. The van der Waals surface area contributed by atoms with Gasteiger partial charge in [0.1, 0.15) is 11.3 Å². The molecule has 1 saturated heterocycles. The molecule has 5 heterocycles. The van der Waals surface area contributed by atoms with Crippen LogP contribution in [-0.4, -0.2) is 99.9 Å². The molecular weight excluding hydrogens is 1010 g/mol. The minimum Gasteiger partial charge on any atom is -0.426 e. The minimum atomic E-state index is -1.16. The summed E-state index contributed by atoms with van der Waals surface area (Å²) in [4.78, 5) is 67.1. The molecule has 0 aliphatic carbocycles. The highest BCUT2D eigenvalue weighted by atomic mass is 35.5. The highest BCUT2D eigenvalue weighted by Gasteiger charge is 2.35. The highest BCUT2D eigenvalue weighted by Crippen LogP contribution is 2.35. The molecule has 0 radical (unpaired) electrons. The summed E-state index contributed by atoms with van der Waals surface area (Å²) >= 11 is 6.75. The lowest BCUT2D eigenvalue weighted by Crippen LogP contribution is -2.49. The van der Waals surface area contributed by atoms with E-state index in [-0.39, 0.29) is 53.8 Å². The predicted molar refractivity (Wildman–Crippen MR) is 304 cm³/mol. The summed E-state index contributed by atoms with van der Waals surface area (Å²) in [5.41, 5.74) is 8.55. The first-order chi connectivity index (χ1) is 37.7. The largest absolute Gasteiger partial charge is 0.426 e. The molecule has 0 bridgehead atoms. The van der Waals surface area contributed by atoms with E-state index in [1.54, 1.807) is 23.9 Å². The van der Waals surface area contributed by atoms with Crippen LogP contribution in [0.15, 0.2) is 127 Å². The maximum absolute atomic E-state index is 13.7. The average Bonchev–Trinajstić information content (AvgIpc) is 4.28. The molecule has 4 aromatic heterocycles. The van der Waals surface area contributed by atoms with Crippen molar-refractivity contribution < 1.29 is 24.2 Å². The van der Waals surface area contributed by atoms with Gasteiger partial charge in [-0.15, -0.1) is 0 Å². The Morgan fingerprint density at radius 1 is 0.872 bits per heavy atom. The molecule has 78 heavy (non-hydrogen) atoms. The Bertz CT molecular complexity index is 3710. The lowest BCUT2D eigenvalue weighted by Gasteiger charge is -2.38. The number of likely N-dealkylation sites (tertiary alicyclic amines) is 1. The van der Waals surface area contributed by atoms with Crippen molar-refractivity contribution in [2.45, 2.75) is 77.0 Å². The van der Waals surface area contributed by atoms with E-state index in [2.05, 4.69) is 64.8 Å². The van der Waals surface area contributed by atoms with E-state index in [0.29, 0.717) is 85.0 Å². The first-order valence-electron chi connectivity index (χ1n) is 26.5. The van der Waals surface area contributed by atoms with Crippen molar-refractivity contribution in [3.63, 3.8) is 0 Å². The topological polar surface area (TPSA) is 206 Å². The number of benzene rings is 5. The summed E-state index contributed by atoms with van der Waals surface area (Å²) < 4.78 is 11.3. The molecule has 1 atom stereocenters. The molecule has 18 heteroatoms. The number of rotatable bonds is 20. The van der Waals surface area contributed by atoms with E-state index >= 15 is 0 Å². The average molecular weight is 1070 g/mol. The number of carbonyl (C=O) groups is 3. The molecule has 5 N–H and O–H groups in total. The zero-order valence-corrected chi connectivity index (χ0v) is 45.1. The third-order valence-corrected chi connectivity index (χ3v) is 15.2. The molecular formula is C60H64ClN11O6. The predicted octanol–water partition coefficient (Wildman–Crippen LogP) is 8.94. The molecule has 17 nitrogen and oxygen atoms in total. The Labute approximate surface area is 456 Å². The first kappa shape index (κ1) is 53.3. The van der Waals surface area contributed by atoms with Gasteiger partial charge < -0.3 is 40.2 Å². The molecule has 1 fully saturated rings. The van der Waals surface area contributed by atoms with E-state index in [9.17, 15) is 24.3 Å². The molecule has 5 aromatic carbocycles. The maximum Gasteiger partial charge on any atom is 0.300 e. The number of piperidine rings is 1. The molecule has 10 rings (SSSR count). The molecule has 3 amide bonds. The number of hydrogen-bond donors (Lipinski definition) is 5. The third kappa shape index (κ3) is 12.0. The number of amides is 3. The molecule has 1 aliphatic heterocycles. The second-order valence-corrected chi connectivity index (χ2v) is 21.0. The van der Waals surface area contributed by atoms with Gasteiger partial charge in [0.25, 0.3) is 17.5 Å². The van der Waals surface area contributed by atoms with Crippen LogP contribution >= 0.6 is 11.6 Å². The lowest BCUT2D eigenvalue weighted by molar-refractivity contribution is -0.136. The summed E-state index contributed by atoms with van der Waals surface area (Å²) in [5, 5.41) is 27.0. The van der Waals surface area contributed by atoms with Crippen molar-refractivity contribution in [3.05, 3.63) is 159 Å². The number of aliphatic hydroxyl groups is 1. The van der Waals surface area contributed by atoms with Crippen LogP contribution in [0.25, 0.3) is 55.4 Å². The smallest absolute Gasteiger partial charge is 0.300 e. The SMILES string of the molecule is Cc1ccc(Oc2nc3cc(-c4ccc5c(ccn5C)c4)c(Cl)cc3[nH]2)cc1C(=O)NCCCCCNC(=O)CNCc1ccc(-c2c3ncn(CC4(O)CCN(C(=O)C[C@@H](C)c5ccccc5)CC4)c(=O)c3nn2C)cc1. The molecule has 0 saturated carbocycles. The van der Waals surface area contributed by atoms with E-state index in [4.69, 9.17) is 16.3 Å². The fraction of sp³-hybridized carbons (Fsp3) is 0.317. The van der Waals surface area contributed by atoms with Gasteiger partial charge in [0, 0.05) is 87.0 Å². The van der Waals surface area contributed by atoms with Gasteiger partial charge >= 0.3 is 0 Å². The fourth-order valence-corrected chi connectivity index (χ4v) is 10.6. The van der Waals surface area contributed by atoms with Crippen molar-refractivity contribution in [2.75, 3.05) is 32.7 Å². The number of H-pyrrole nitrogens is 1. The number of fused-ring (bicyclic) bond motifs is 3. The van der Waals surface area contributed by atoms with Gasteiger partial charge in [-0.3, -0.25) is 28.4 Å². The van der Waals surface area contributed by atoms with Gasteiger partial charge in [-0.1, -0.05) is 85.3 Å². The zero-order valence-electron chi connectivity index (χ0n) is 44.3. The van der Waals surface area contributed by atoms with E-state index in [0.717, 1.165) is 69.1 Å². The summed E-state index contributed by atoms with van der Waals surface area (Å²) in [6.45, 7) is 6.45. The standard InChI is InChI=1S/C60H64ClN11O6/c1-38-13-19-45(78-59-66-49-32-47(48(61)33-50(49)67-59)43-18-20-51-44(30-43)21-26-69(51)3)31-46(38)57(75)64-25-10-6-9-24-63-52(73)35-62-34-40-14-16-42(17-15-40)56-54-55(68-70(56)4)58(76)72(37-65-54)36-60(77)22-27-71(28-23-60)53(74)29-39(2)41-11-7-5-8-12-41/h5,7-8,11-21,26,30-33,37,39,62,77H,6,9-10,22-25,27-29,34-36H2,1-4H3,(H,63,73)(H,64,75)(H,66,67)/t39-/m1/s1. The first-order valence-corrected chi connectivity index (χ1v) is 26.9. The van der Waals surface area contributed by atoms with Gasteiger partial charge in [0.15, 0.2) is 5.52 Å². The number of unbranched alkanes of at least 4 members (excludes halogenated alkanes) is 2. The second-order valence-electron chi connectivity index (χ2n) is 20.6. The number of aryl methyl sites for hydroxylation is 3. The van der Waals surface area contributed by atoms with E-state index < -0.39 is 5.60 Å². The highest BCUT2D eigenvalue weighted by molar-refractivity contribution is 6.34. The Balaban J connectivity index is 0.627. The normalized spacial score (nSPS) is 13.8. The number of nitrogens with zero attached hydrogens (tertiary/aromatic N) is 7. The van der Waals surface area contributed by atoms with E-state index in [1.165, 1.54) is 10.9 Å². The monoisotopic (exact) mass is 1070 g/mol. The van der Waals surface area contributed by atoms with Gasteiger partial charge in [0.2, 0.25) is 11.8 Å². The van der Waals surface area contributed by atoms with Gasteiger partial charge in [-0.2, -0.15) is 10.1 Å². The van der Waals surface area contributed by atoms with E-state index in [1.807, 2.05) is 105 Å². The van der Waals surface area contributed by atoms with Gasteiger partial charge in [0.05, 0.1) is 46.8 Å². The Hall–Kier alpha value is -8.12. The van der Waals surface area contributed by atoms with Crippen LogP contribution in [0, 0.1) is 6.92 Å². The number of imidazole rings is 1. The van der Waals surface area contributed by atoms with Crippen molar-refractivity contribution >= 4 is 62.3 Å². The van der Waals surface area contributed by atoms with Crippen LogP contribution < -0.4 is 26.2 Å². The van der Waals surface area contributed by atoms with Crippen LogP contribution in [-0.2, 0) is 36.8 Å². The van der Waals surface area contributed by atoms with Crippen molar-refractivity contribution in [1.29, 1.82) is 0 Å². The molecule has 0 unspecified atom stereocenters.